The van der Waals surface area contributed by atoms with Crippen molar-refractivity contribution in [2.24, 2.45) is 0 Å². The number of methoxy groups -OCH3 is 2. The van der Waals surface area contributed by atoms with Gasteiger partial charge in [-0.1, -0.05) is 12.1 Å². The third-order valence-corrected chi connectivity index (χ3v) is 4.04. The molecule has 0 aromatic heterocycles. The van der Waals surface area contributed by atoms with Crippen molar-refractivity contribution in [3.8, 4) is 11.5 Å². The largest absolute Gasteiger partial charge is 0.496 e. The summed E-state index contributed by atoms with van der Waals surface area (Å²) in [4.78, 5) is 10.7. The van der Waals surface area contributed by atoms with Crippen molar-refractivity contribution < 1.29 is 14.4 Å². The van der Waals surface area contributed by atoms with E-state index in [9.17, 15) is 10.1 Å². The van der Waals surface area contributed by atoms with Gasteiger partial charge in [0, 0.05) is 6.07 Å². The molecule has 0 aliphatic carbocycles. The lowest BCUT2D eigenvalue weighted by Gasteiger charge is -2.11. The smallest absolute Gasteiger partial charge is 0.311 e. The average molecular weight is 315 g/mol. The van der Waals surface area contributed by atoms with Crippen molar-refractivity contribution in [3.63, 3.8) is 0 Å². The fourth-order valence-electron chi connectivity index (χ4n) is 2.58. The molecule has 2 aromatic rings. The highest BCUT2D eigenvalue weighted by Crippen LogP contribution is 2.29. The predicted octanol–water partition coefficient (Wildman–Crippen LogP) is 4.01. The van der Waals surface area contributed by atoms with Crippen LogP contribution in [0.5, 0.6) is 11.5 Å². The fourth-order valence-corrected chi connectivity index (χ4v) is 2.58. The molecule has 0 aliphatic heterocycles. The Morgan fingerprint density at radius 1 is 0.957 bits per heavy atom. The molecule has 0 N–H and O–H groups in total. The fraction of sp³-hybridized carbons (Fsp3) is 0.333. The number of nitro groups is 1. The highest BCUT2D eigenvalue weighted by Gasteiger charge is 2.15. The van der Waals surface area contributed by atoms with Gasteiger partial charge in [0.2, 0.25) is 0 Å². The standard InChI is InChI=1S/C18H21NO4/c1-12-9-15(11-18(23-4)13(12)2)6-5-14-7-8-17(22-3)16(10-14)19(20)21/h7-11H,5-6H2,1-4H3. The molecule has 0 fully saturated rings. The van der Waals surface area contributed by atoms with Gasteiger partial charge in [-0.25, -0.2) is 0 Å². The molecule has 0 spiro atoms. The number of benzene rings is 2. The molecule has 2 aromatic carbocycles. The first-order chi connectivity index (χ1) is 11.0. The quantitative estimate of drug-likeness (QED) is 0.597. The molecule has 0 saturated carbocycles. The van der Waals surface area contributed by atoms with E-state index in [1.807, 2.05) is 19.1 Å². The Labute approximate surface area is 136 Å². The van der Waals surface area contributed by atoms with Crippen molar-refractivity contribution in [3.05, 3.63) is 62.7 Å². The Morgan fingerprint density at radius 2 is 1.61 bits per heavy atom. The number of nitrogens with zero attached hydrogens (tertiary/aromatic N) is 1. The zero-order chi connectivity index (χ0) is 17.0. The van der Waals surface area contributed by atoms with E-state index in [1.54, 1.807) is 19.2 Å². The van der Waals surface area contributed by atoms with Gasteiger partial charge in [-0.15, -0.1) is 0 Å². The maximum absolute atomic E-state index is 11.1. The summed E-state index contributed by atoms with van der Waals surface area (Å²) in [5.74, 6) is 1.16. The van der Waals surface area contributed by atoms with E-state index in [0.29, 0.717) is 0 Å². The summed E-state index contributed by atoms with van der Waals surface area (Å²) in [6.07, 6.45) is 1.51. The summed E-state index contributed by atoms with van der Waals surface area (Å²) >= 11 is 0. The topological polar surface area (TPSA) is 61.6 Å². The van der Waals surface area contributed by atoms with Crippen LogP contribution in [0.3, 0.4) is 0 Å². The van der Waals surface area contributed by atoms with Crippen LogP contribution >= 0.6 is 0 Å². The normalized spacial score (nSPS) is 10.4. The molecule has 5 nitrogen and oxygen atoms in total. The van der Waals surface area contributed by atoms with E-state index in [1.165, 1.54) is 12.7 Å². The lowest BCUT2D eigenvalue weighted by molar-refractivity contribution is -0.385. The zero-order valence-electron chi connectivity index (χ0n) is 13.9. The molecule has 0 heterocycles. The second kappa shape index (κ2) is 7.13. The van der Waals surface area contributed by atoms with Gasteiger partial charge in [0.05, 0.1) is 19.1 Å². The highest BCUT2D eigenvalue weighted by molar-refractivity contribution is 5.49. The van der Waals surface area contributed by atoms with E-state index in [4.69, 9.17) is 9.47 Å². The number of aryl methyl sites for hydroxylation is 3. The van der Waals surface area contributed by atoms with Crippen LogP contribution in [-0.2, 0) is 12.8 Å². The molecule has 0 radical (unpaired) electrons. The van der Waals surface area contributed by atoms with E-state index >= 15 is 0 Å². The minimum atomic E-state index is -0.415. The summed E-state index contributed by atoms with van der Waals surface area (Å²) in [7, 11) is 3.10. The summed E-state index contributed by atoms with van der Waals surface area (Å²) in [5, 5.41) is 11.1. The third-order valence-electron chi connectivity index (χ3n) is 4.04. The van der Waals surface area contributed by atoms with Crippen LogP contribution in [0.25, 0.3) is 0 Å². The molecule has 0 saturated heterocycles. The van der Waals surface area contributed by atoms with Crippen molar-refractivity contribution in [2.75, 3.05) is 14.2 Å². The van der Waals surface area contributed by atoms with E-state index in [2.05, 4.69) is 13.0 Å². The third kappa shape index (κ3) is 3.80. The first kappa shape index (κ1) is 16.8. The molecule has 122 valence electrons. The molecule has 2 rings (SSSR count). The Bertz CT molecular complexity index is 725. The first-order valence-corrected chi connectivity index (χ1v) is 7.41. The lowest BCUT2D eigenvalue weighted by Crippen LogP contribution is -1.98. The van der Waals surface area contributed by atoms with Crippen LogP contribution in [-0.4, -0.2) is 19.1 Å². The Morgan fingerprint density at radius 3 is 2.22 bits per heavy atom. The SMILES string of the molecule is COc1ccc(CCc2cc(C)c(C)c(OC)c2)cc1[N+](=O)[O-]. The molecule has 0 aliphatic rings. The molecule has 23 heavy (non-hydrogen) atoms. The van der Waals surface area contributed by atoms with E-state index < -0.39 is 4.92 Å². The van der Waals surface area contributed by atoms with Crippen LogP contribution in [0, 0.1) is 24.0 Å². The number of hydrogen-bond acceptors (Lipinski definition) is 4. The molecular weight excluding hydrogens is 294 g/mol. The van der Waals surface area contributed by atoms with Crippen molar-refractivity contribution in [1.29, 1.82) is 0 Å². The Kier molecular flexibility index (Phi) is 5.21. The summed E-state index contributed by atoms with van der Waals surface area (Å²) in [6.45, 7) is 4.09. The summed E-state index contributed by atoms with van der Waals surface area (Å²) in [6, 6.07) is 9.26. The van der Waals surface area contributed by atoms with Gasteiger partial charge in [-0.05, 0) is 61.1 Å². The van der Waals surface area contributed by atoms with Crippen LogP contribution < -0.4 is 9.47 Å². The monoisotopic (exact) mass is 315 g/mol. The van der Waals surface area contributed by atoms with Crippen LogP contribution in [0.2, 0.25) is 0 Å². The van der Waals surface area contributed by atoms with Crippen LogP contribution in [0.4, 0.5) is 5.69 Å². The summed E-state index contributed by atoms with van der Waals surface area (Å²) in [5.41, 5.74) is 4.39. The van der Waals surface area contributed by atoms with Crippen molar-refractivity contribution >= 4 is 5.69 Å². The van der Waals surface area contributed by atoms with Gasteiger partial charge in [-0.2, -0.15) is 0 Å². The van der Waals surface area contributed by atoms with E-state index in [-0.39, 0.29) is 11.4 Å². The van der Waals surface area contributed by atoms with Crippen molar-refractivity contribution in [1.82, 2.24) is 0 Å². The Balaban J connectivity index is 2.20. The Hall–Kier alpha value is -2.56. The molecule has 0 bridgehead atoms. The number of ether oxygens (including phenoxy) is 2. The second-order valence-corrected chi connectivity index (χ2v) is 5.50. The van der Waals surface area contributed by atoms with Gasteiger partial charge in [0.1, 0.15) is 5.75 Å². The zero-order valence-corrected chi connectivity index (χ0v) is 13.9. The molecule has 0 amide bonds. The lowest BCUT2D eigenvalue weighted by atomic mass is 9.99. The molecule has 0 atom stereocenters. The van der Waals surface area contributed by atoms with Gasteiger partial charge in [0.25, 0.3) is 0 Å². The maximum atomic E-state index is 11.1. The second-order valence-electron chi connectivity index (χ2n) is 5.50. The van der Waals surface area contributed by atoms with Gasteiger partial charge in [-0.3, -0.25) is 10.1 Å². The highest BCUT2D eigenvalue weighted by atomic mass is 16.6. The summed E-state index contributed by atoms with van der Waals surface area (Å²) < 4.78 is 10.4. The van der Waals surface area contributed by atoms with Crippen LogP contribution in [0.1, 0.15) is 22.3 Å². The van der Waals surface area contributed by atoms with Gasteiger partial charge < -0.3 is 9.47 Å². The number of hydrogen-bond donors (Lipinski definition) is 0. The maximum Gasteiger partial charge on any atom is 0.311 e. The first-order valence-electron chi connectivity index (χ1n) is 7.41. The molecular formula is C18H21NO4. The minimum absolute atomic E-state index is 0.00247. The number of rotatable bonds is 6. The molecule has 0 unspecified atom stereocenters. The van der Waals surface area contributed by atoms with Crippen LogP contribution in [0.15, 0.2) is 30.3 Å². The van der Waals surface area contributed by atoms with Crippen molar-refractivity contribution in [2.45, 2.75) is 26.7 Å². The average Bonchev–Trinajstić information content (AvgIpc) is 2.55. The van der Waals surface area contributed by atoms with Gasteiger partial charge in [0.15, 0.2) is 5.75 Å². The minimum Gasteiger partial charge on any atom is -0.496 e. The van der Waals surface area contributed by atoms with E-state index in [0.717, 1.165) is 35.3 Å². The van der Waals surface area contributed by atoms with Gasteiger partial charge >= 0.3 is 5.69 Å². The predicted molar refractivity (Wildman–Crippen MR) is 89.5 cm³/mol. The number of nitro benzene ring substituents is 1. The molecule has 5 heteroatoms.